The minimum Gasteiger partial charge on any atom is -0.493 e. The number of rotatable bonds is 9. The van der Waals surface area contributed by atoms with E-state index in [1.165, 1.54) is 7.11 Å². The molecule has 1 aliphatic rings. The van der Waals surface area contributed by atoms with Crippen molar-refractivity contribution in [1.29, 1.82) is 0 Å². The molecule has 1 aliphatic heterocycles. The predicted molar refractivity (Wildman–Crippen MR) is 105 cm³/mol. The van der Waals surface area contributed by atoms with Crippen LogP contribution in [0.1, 0.15) is 22.8 Å². The Morgan fingerprint density at radius 3 is 2.75 bits per heavy atom. The molecule has 0 saturated heterocycles. The van der Waals surface area contributed by atoms with E-state index in [9.17, 15) is 4.79 Å². The molecule has 1 amide bonds. The molecule has 0 radical (unpaired) electrons. The van der Waals surface area contributed by atoms with E-state index < -0.39 is 0 Å². The summed E-state index contributed by atoms with van der Waals surface area (Å²) in [6.45, 7) is 5.06. The molecule has 0 aromatic heterocycles. The first-order valence-electron chi connectivity index (χ1n) is 9.24. The summed E-state index contributed by atoms with van der Waals surface area (Å²) in [5.74, 6) is 1.24. The second-order valence-electron chi connectivity index (χ2n) is 6.11. The molecule has 2 aromatic rings. The lowest BCUT2D eigenvalue weighted by Crippen LogP contribution is -2.18. The molecule has 1 heterocycles. The van der Waals surface area contributed by atoms with Crippen LogP contribution in [0.25, 0.3) is 0 Å². The number of amides is 1. The van der Waals surface area contributed by atoms with Gasteiger partial charge in [0.15, 0.2) is 11.5 Å². The summed E-state index contributed by atoms with van der Waals surface area (Å²) in [6.07, 6.45) is 0. The fraction of sp³-hybridized carbons (Fsp3) is 0.381. The normalized spacial score (nSPS) is 12.5. The average Bonchev–Trinajstić information content (AvgIpc) is 2.73. The maximum absolute atomic E-state index is 12.7. The first kappa shape index (κ1) is 20.0. The second-order valence-corrected chi connectivity index (χ2v) is 6.11. The number of hydrogen-bond acceptors (Lipinski definition) is 6. The number of methoxy groups -OCH3 is 1. The molecule has 0 unspecified atom stereocenters. The van der Waals surface area contributed by atoms with Gasteiger partial charge in [-0.05, 0) is 36.8 Å². The lowest BCUT2D eigenvalue weighted by molar-refractivity contribution is 0.0453. The van der Waals surface area contributed by atoms with Gasteiger partial charge in [0.1, 0.15) is 13.2 Å². The monoisotopic (exact) mass is 387 g/mol. The molecule has 150 valence electrons. The van der Waals surface area contributed by atoms with Crippen molar-refractivity contribution < 1.29 is 28.5 Å². The van der Waals surface area contributed by atoms with Crippen molar-refractivity contribution in [3.8, 4) is 17.2 Å². The first-order valence-corrected chi connectivity index (χ1v) is 9.24. The van der Waals surface area contributed by atoms with E-state index in [1.807, 2.05) is 31.2 Å². The van der Waals surface area contributed by atoms with Gasteiger partial charge in [0, 0.05) is 17.9 Å². The van der Waals surface area contributed by atoms with Crippen LogP contribution in [-0.4, -0.2) is 46.1 Å². The lowest BCUT2D eigenvalue weighted by Gasteiger charge is -2.21. The number of fused-ring (bicyclic) bond motifs is 1. The van der Waals surface area contributed by atoms with E-state index >= 15 is 0 Å². The molecule has 0 atom stereocenters. The molecule has 7 nitrogen and oxygen atoms in total. The summed E-state index contributed by atoms with van der Waals surface area (Å²) in [6, 6.07) is 10.8. The Hall–Kier alpha value is -2.77. The topological polar surface area (TPSA) is 75.3 Å². The number of ether oxygens (including phenoxy) is 5. The lowest BCUT2D eigenvalue weighted by atomic mass is 10.1. The van der Waals surface area contributed by atoms with Gasteiger partial charge in [-0.3, -0.25) is 4.79 Å². The first-order chi connectivity index (χ1) is 13.7. The summed E-state index contributed by atoms with van der Waals surface area (Å²) in [5.41, 5.74) is 2.08. The van der Waals surface area contributed by atoms with Crippen molar-refractivity contribution in [3.63, 3.8) is 0 Å². The van der Waals surface area contributed by atoms with Gasteiger partial charge in [0.2, 0.25) is 5.75 Å². The molecule has 0 aliphatic carbocycles. The molecule has 7 heteroatoms. The highest BCUT2D eigenvalue weighted by Gasteiger charge is 2.21. The highest BCUT2D eigenvalue weighted by molar-refractivity contribution is 6.05. The smallest absolute Gasteiger partial charge is 0.255 e. The third-order valence-corrected chi connectivity index (χ3v) is 4.12. The quantitative estimate of drug-likeness (QED) is 0.666. The number of carbonyl (C=O) groups is 1. The minimum atomic E-state index is -0.260. The van der Waals surface area contributed by atoms with Crippen molar-refractivity contribution in [2.24, 2.45) is 0 Å². The van der Waals surface area contributed by atoms with Crippen molar-refractivity contribution in [3.05, 3.63) is 47.5 Å². The summed E-state index contributed by atoms with van der Waals surface area (Å²) >= 11 is 0. The highest BCUT2D eigenvalue weighted by atomic mass is 16.6. The zero-order chi connectivity index (χ0) is 19.8. The maximum Gasteiger partial charge on any atom is 0.255 e. The van der Waals surface area contributed by atoms with E-state index in [0.717, 1.165) is 5.56 Å². The van der Waals surface area contributed by atoms with Gasteiger partial charge in [0.05, 0.1) is 26.9 Å². The number of nitrogens with one attached hydrogen (secondary N) is 1. The van der Waals surface area contributed by atoms with Crippen LogP contribution in [0.3, 0.4) is 0 Å². The van der Waals surface area contributed by atoms with Gasteiger partial charge < -0.3 is 29.0 Å². The van der Waals surface area contributed by atoms with Crippen LogP contribution in [0.15, 0.2) is 36.4 Å². The van der Waals surface area contributed by atoms with Crippen LogP contribution in [0.2, 0.25) is 0 Å². The Bertz CT molecular complexity index is 790. The van der Waals surface area contributed by atoms with Crippen LogP contribution in [-0.2, 0) is 16.1 Å². The molecule has 0 saturated carbocycles. The molecule has 0 bridgehead atoms. The Balaban J connectivity index is 1.65. The van der Waals surface area contributed by atoms with Crippen molar-refractivity contribution in [1.82, 2.24) is 0 Å². The van der Waals surface area contributed by atoms with Crippen LogP contribution in [0.4, 0.5) is 5.69 Å². The molecule has 28 heavy (non-hydrogen) atoms. The molecule has 0 fully saturated rings. The molecule has 3 rings (SSSR count). The molecular weight excluding hydrogens is 362 g/mol. The third-order valence-electron chi connectivity index (χ3n) is 4.12. The Labute approximate surface area is 164 Å². The second kappa shape index (κ2) is 9.96. The van der Waals surface area contributed by atoms with Gasteiger partial charge in [-0.15, -0.1) is 0 Å². The van der Waals surface area contributed by atoms with Gasteiger partial charge in [-0.2, -0.15) is 0 Å². The summed E-state index contributed by atoms with van der Waals surface area (Å²) in [5, 5.41) is 2.90. The van der Waals surface area contributed by atoms with Crippen molar-refractivity contribution >= 4 is 11.6 Å². The summed E-state index contributed by atoms with van der Waals surface area (Å²) in [7, 11) is 1.53. The van der Waals surface area contributed by atoms with E-state index in [-0.39, 0.29) is 5.91 Å². The fourth-order valence-electron chi connectivity index (χ4n) is 2.80. The molecular formula is C21H25NO6. The molecule has 0 spiro atoms. The fourth-order valence-corrected chi connectivity index (χ4v) is 2.80. The van der Waals surface area contributed by atoms with Gasteiger partial charge >= 0.3 is 0 Å². The largest absolute Gasteiger partial charge is 0.493 e. The number of hydrogen-bond donors (Lipinski definition) is 1. The van der Waals surface area contributed by atoms with Gasteiger partial charge in [-0.1, -0.05) is 12.1 Å². The van der Waals surface area contributed by atoms with E-state index in [1.54, 1.807) is 12.1 Å². The van der Waals surface area contributed by atoms with Crippen LogP contribution >= 0.6 is 0 Å². The molecule has 2 aromatic carbocycles. The summed E-state index contributed by atoms with van der Waals surface area (Å²) < 4.78 is 27.3. The Kier molecular flexibility index (Phi) is 7.11. The zero-order valence-electron chi connectivity index (χ0n) is 16.2. The van der Waals surface area contributed by atoms with Crippen LogP contribution in [0.5, 0.6) is 17.2 Å². The number of carbonyl (C=O) groups excluding carboxylic acids is 1. The van der Waals surface area contributed by atoms with Gasteiger partial charge in [0.25, 0.3) is 5.91 Å². The van der Waals surface area contributed by atoms with E-state index in [4.69, 9.17) is 23.7 Å². The zero-order valence-corrected chi connectivity index (χ0v) is 16.2. The van der Waals surface area contributed by atoms with Gasteiger partial charge in [-0.25, -0.2) is 0 Å². The Morgan fingerprint density at radius 1 is 1.11 bits per heavy atom. The average molecular weight is 387 g/mol. The van der Waals surface area contributed by atoms with E-state index in [0.29, 0.717) is 68.1 Å². The highest BCUT2D eigenvalue weighted by Crippen LogP contribution is 2.40. The minimum absolute atomic E-state index is 0.260. The maximum atomic E-state index is 12.7. The van der Waals surface area contributed by atoms with E-state index in [2.05, 4.69) is 5.32 Å². The van der Waals surface area contributed by atoms with Crippen molar-refractivity contribution in [2.45, 2.75) is 13.5 Å². The molecule has 1 N–H and O–H groups in total. The predicted octanol–water partition coefficient (Wildman–Crippen LogP) is 3.27. The Morgan fingerprint density at radius 2 is 1.93 bits per heavy atom. The number of benzene rings is 2. The van der Waals surface area contributed by atoms with Crippen molar-refractivity contribution in [2.75, 3.05) is 45.5 Å². The SMILES string of the molecule is CCOCCOCc1cccc(NC(=O)c2cc(OC)c3c(c2)OCCO3)c1. The standard InChI is InChI=1S/C21H25NO6/c1-3-25-7-8-26-14-15-5-4-6-17(11-15)22-21(23)16-12-18(24-2)20-19(13-16)27-9-10-28-20/h4-6,11-13H,3,7-10,14H2,1-2H3,(H,22,23). The van der Waals surface area contributed by atoms with Crippen LogP contribution < -0.4 is 19.5 Å². The number of anilines is 1. The summed E-state index contributed by atoms with van der Waals surface area (Å²) in [4.78, 5) is 12.7. The third kappa shape index (κ3) is 5.15. The van der Waals surface area contributed by atoms with Crippen LogP contribution in [0, 0.1) is 0 Å².